The fourth-order valence-corrected chi connectivity index (χ4v) is 3.63. The lowest BCUT2D eigenvalue weighted by atomic mass is 10.2. The Labute approximate surface area is 140 Å². The Kier molecular flexibility index (Phi) is 3.27. The Morgan fingerprint density at radius 2 is 2.00 bits per heavy atom. The standard InChI is InChI=1S/C16H15N5O2S/c1-8-9(2)24-13-12(8)14(22)21-15(19-20-16(21)18-13)17-10-4-6-11(23-3)7-5-10/h4-7H,1-3H3,(H,17,19)(H,18,20). The predicted molar refractivity (Wildman–Crippen MR) is 94.7 cm³/mol. The molecule has 0 atom stereocenters. The van der Waals surface area contributed by atoms with Crippen molar-refractivity contribution in [3.05, 3.63) is 45.1 Å². The predicted octanol–water partition coefficient (Wildman–Crippen LogP) is 3.00. The molecule has 0 bridgehead atoms. The molecule has 8 heteroatoms. The average Bonchev–Trinajstić information content (AvgIpc) is 3.10. The molecule has 122 valence electrons. The van der Waals surface area contributed by atoms with E-state index in [2.05, 4.69) is 20.5 Å². The van der Waals surface area contributed by atoms with Gasteiger partial charge in [0, 0.05) is 10.6 Å². The molecule has 0 amide bonds. The van der Waals surface area contributed by atoms with Crippen LogP contribution in [0.15, 0.2) is 29.1 Å². The van der Waals surface area contributed by atoms with Crippen LogP contribution in [0.5, 0.6) is 5.75 Å². The van der Waals surface area contributed by atoms with Gasteiger partial charge in [0.05, 0.1) is 12.5 Å². The number of hydrogen-bond acceptors (Lipinski definition) is 6. The lowest BCUT2D eigenvalue weighted by Crippen LogP contribution is -2.16. The lowest BCUT2D eigenvalue weighted by molar-refractivity contribution is 0.415. The van der Waals surface area contributed by atoms with Gasteiger partial charge < -0.3 is 10.1 Å². The van der Waals surface area contributed by atoms with Gasteiger partial charge in [-0.15, -0.1) is 16.4 Å². The first-order valence-corrected chi connectivity index (χ1v) is 8.18. The summed E-state index contributed by atoms with van der Waals surface area (Å²) in [5.41, 5.74) is 1.65. The maximum atomic E-state index is 12.9. The van der Waals surface area contributed by atoms with Crippen LogP contribution in [0.1, 0.15) is 10.4 Å². The summed E-state index contributed by atoms with van der Waals surface area (Å²) in [4.78, 5) is 19.2. The summed E-state index contributed by atoms with van der Waals surface area (Å²) in [6.07, 6.45) is 0. The Morgan fingerprint density at radius 3 is 2.71 bits per heavy atom. The molecule has 0 saturated heterocycles. The van der Waals surface area contributed by atoms with Crippen molar-refractivity contribution in [3.63, 3.8) is 0 Å². The number of benzene rings is 1. The highest BCUT2D eigenvalue weighted by Crippen LogP contribution is 2.27. The van der Waals surface area contributed by atoms with Gasteiger partial charge in [0.2, 0.25) is 11.7 Å². The van der Waals surface area contributed by atoms with Gasteiger partial charge in [-0.1, -0.05) is 0 Å². The first-order chi connectivity index (χ1) is 11.6. The summed E-state index contributed by atoms with van der Waals surface area (Å²) in [7, 11) is 1.62. The van der Waals surface area contributed by atoms with E-state index in [0.29, 0.717) is 17.1 Å². The van der Waals surface area contributed by atoms with Crippen molar-refractivity contribution in [2.45, 2.75) is 13.8 Å². The summed E-state index contributed by atoms with van der Waals surface area (Å²) >= 11 is 1.52. The van der Waals surface area contributed by atoms with Crippen LogP contribution in [0.25, 0.3) is 16.0 Å². The van der Waals surface area contributed by atoms with Crippen LogP contribution in [-0.4, -0.2) is 26.7 Å². The van der Waals surface area contributed by atoms with E-state index in [-0.39, 0.29) is 5.56 Å². The highest BCUT2D eigenvalue weighted by atomic mass is 32.1. The average molecular weight is 341 g/mol. The Balaban J connectivity index is 1.86. The number of aryl methyl sites for hydroxylation is 2. The van der Waals surface area contributed by atoms with Gasteiger partial charge in [0.15, 0.2) is 0 Å². The molecule has 0 unspecified atom stereocenters. The number of H-pyrrole nitrogens is 1. The van der Waals surface area contributed by atoms with Crippen molar-refractivity contribution < 1.29 is 4.74 Å². The Bertz CT molecular complexity index is 1110. The fourth-order valence-electron chi connectivity index (χ4n) is 2.61. The van der Waals surface area contributed by atoms with E-state index in [1.54, 1.807) is 7.11 Å². The molecular weight excluding hydrogens is 326 g/mol. The number of fused-ring (bicyclic) bond motifs is 2. The van der Waals surface area contributed by atoms with E-state index in [1.807, 2.05) is 38.1 Å². The fraction of sp³-hybridized carbons (Fsp3) is 0.188. The second-order valence-corrected chi connectivity index (χ2v) is 6.64. The second kappa shape index (κ2) is 5.34. The maximum Gasteiger partial charge on any atom is 0.271 e. The van der Waals surface area contributed by atoms with Gasteiger partial charge in [-0.3, -0.25) is 4.79 Å². The van der Waals surface area contributed by atoms with Crippen molar-refractivity contribution in [1.29, 1.82) is 0 Å². The van der Waals surface area contributed by atoms with Crippen molar-refractivity contribution in [2.75, 3.05) is 12.4 Å². The van der Waals surface area contributed by atoms with E-state index in [9.17, 15) is 4.79 Å². The van der Waals surface area contributed by atoms with Crippen molar-refractivity contribution in [3.8, 4) is 5.75 Å². The summed E-state index contributed by atoms with van der Waals surface area (Å²) in [6.45, 7) is 3.94. The van der Waals surface area contributed by atoms with Crippen LogP contribution in [0.4, 0.5) is 11.6 Å². The van der Waals surface area contributed by atoms with Crippen LogP contribution in [0, 0.1) is 13.8 Å². The number of anilines is 2. The van der Waals surface area contributed by atoms with Crippen molar-refractivity contribution in [2.24, 2.45) is 0 Å². The SMILES string of the molecule is COc1ccc(Nc2n[nH]c3nc4sc(C)c(C)c4c(=O)n23)cc1. The summed E-state index contributed by atoms with van der Waals surface area (Å²) in [6, 6.07) is 7.39. The van der Waals surface area contributed by atoms with Crippen LogP contribution in [0.3, 0.4) is 0 Å². The third kappa shape index (κ3) is 2.15. The molecule has 1 aromatic carbocycles. The zero-order valence-electron chi connectivity index (χ0n) is 13.4. The number of thiophene rings is 1. The third-order valence-electron chi connectivity index (χ3n) is 4.02. The van der Waals surface area contributed by atoms with Crippen LogP contribution in [-0.2, 0) is 0 Å². The summed E-state index contributed by atoms with van der Waals surface area (Å²) in [5.74, 6) is 1.58. The highest BCUT2D eigenvalue weighted by molar-refractivity contribution is 7.18. The third-order valence-corrected chi connectivity index (χ3v) is 5.12. The molecule has 0 aliphatic heterocycles. The maximum absolute atomic E-state index is 12.9. The van der Waals surface area contributed by atoms with Crippen LogP contribution >= 0.6 is 11.3 Å². The molecule has 24 heavy (non-hydrogen) atoms. The quantitative estimate of drug-likeness (QED) is 0.598. The van der Waals surface area contributed by atoms with E-state index in [0.717, 1.165) is 26.7 Å². The number of aromatic nitrogens is 4. The molecule has 0 aliphatic rings. The zero-order chi connectivity index (χ0) is 16.8. The largest absolute Gasteiger partial charge is 0.497 e. The Morgan fingerprint density at radius 1 is 1.25 bits per heavy atom. The lowest BCUT2D eigenvalue weighted by Gasteiger charge is -2.05. The van der Waals surface area contributed by atoms with Gasteiger partial charge in [-0.2, -0.15) is 0 Å². The molecule has 0 fully saturated rings. The van der Waals surface area contributed by atoms with E-state index in [1.165, 1.54) is 15.7 Å². The molecule has 0 aliphatic carbocycles. The molecule has 0 radical (unpaired) electrons. The minimum absolute atomic E-state index is 0.124. The van der Waals surface area contributed by atoms with Gasteiger partial charge in [0.25, 0.3) is 5.56 Å². The number of rotatable bonds is 3. The Hall–Kier alpha value is -2.87. The number of nitrogens with zero attached hydrogens (tertiary/aromatic N) is 3. The van der Waals surface area contributed by atoms with Gasteiger partial charge in [-0.05, 0) is 43.7 Å². The molecule has 4 aromatic rings. The number of methoxy groups -OCH3 is 1. The number of nitrogens with one attached hydrogen (secondary N) is 2. The monoisotopic (exact) mass is 341 g/mol. The van der Waals surface area contributed by atoms with E-state index in [4.69, 9.17) is 4.74 Å². The number of aromatic amines is 1. The highest BCUT2D eigenvalue weighted by Gasteiger charge is 2.16. The molecule has 3 heterocycles. The zero-order valence-corrected chi connectivity index (χ0v) is 14.2. The normalized spacial score (nSPS) is 11.3. The minimum Gasteiger partial charge on any atom is -0.497 e. The molecule has 3 aromatic heterocycles. The minimum atomic E-state index is -0.124. The molecule has 7 nitrogen and oxygen atoms in total. The van der Waals surface area contributed by atoms with Crippen molar-refractivity contribution >= 4 is 39.0 Å². The number of ether oxygens (including phenoxy) is 1. The summed E-state index contributed by atoms with van der Waals surface area (Å²) in [5, 5.41) is 10.8. The van der Waals surface area contributed by atoms with E-state index < -0.39 is 0 Å². The van der Waals surface area contributed by atoms with Gasteiger partial charge >= 0.3 is 0 Å². The smallest absolute Gasteiger partial charge is 0.271 e. The molecule has 4 rings (SSSR count). The van der Waals surface area contributed by atoms with Crippen LogP contribution < -0.4 is 15.6 Å². The first-order valence-electron chi connectivity index (χ1n) is 7.36. The van der Waals surface area contributed by atoms with Gasteiger partial charge in [0.1, 0.15) is 10.6 Å². The molecular formula is C16H15N5O2S. The topological polar surface area (TPSA) is 84.3 Å². The number of hydrogen-bond donors (Lipinski definition) is 2. The molecule has 2 N–H and O–H groups in total. The van der Waals surface area contributed by atoms with Crippen molar-refractivity contribution in [1.82, 2.24) is 19.6 Å². The first kappa shape index (κ1) is 14.7. The summed E-state index contributed by atoms with van der Waals surface area (Å²) < 4.78 is 6.61. The second-order valence-electron chi connectivity index (χ2n) is 5.44. The molecule has 0 saturated carbocycles. The van der Waals surface area contributed by atoms with Crippen LogP contribution in [0.2, 0.25) is 0 Å². The van der Waals surface area contributed by atoms with Gasteiger partial charge in [-0.25, -0.2) is 14.5 Å². The van der Waals surface area contributed by atoms with E-state index >= 15 is 0 Å². The molecule has 0 spiro atoms.